The highest BCUT2D eigenvalue weighted by Gasteiger charge is 2.21. The smallest absolute Gasteiger partial charge is 0.161 e. The monoisotopic (exact) mass is 398 g/mol. The van der Waals surface area contributed by atoms with Crippen LogP contribution in [0.4, 0.5) is 5.69 Å². The van der Waals surface area contributed by atoms with Crippen LogP contribution in [0.25, 0.3) is 33.0 Å². The Kier molecular flexibility index (Phi) is 5.23. The molecule has 30 heavy (non-hydrogen) atoms. The molecule has 0 radical (unpaired) electrons. The number of fused-ring (bicyclic) bond motifs is 1. The third-order valence-corrected chi connectivity index (χ3v) is 5.52. The minimum absolute atomic E-state index is 0.721. The van der Waals surface area contributed by atoms with Crippen molar-refractivity contribution in [2.75, 3.05) is 35.4 Å². The Balaban J connectivity index is 1.91. The molecule has 0 saturated heterocycles. The third kappa shape index (κ3) is 3.64. The maximum Gasteiger partial charge on any atom is 0.161 e. The summed E-state index contributed by atoms with van der Waals surface area (Å²) in [6.45, 7) is 0. The van der Waals surface area contributed by atoms with E-state index < -0.39 is 0 Å². The fourth-order valence-electron chi connectivity index (χ4n) is 3.97. The normalized spacial score (nSPS) is 11.5. The van der Waals surface area contributed by atoms with E-state index in [0.717, 1.165) is 21.4 Å². The fourth-order valence-corrected chi connectivity index (χ4v) is 3.97. The predicted octanol–water partition coefficient (Wildman–Crippen LogP) is 6.39. The van der Waals surface area contributed by atoms with E-state index in [1.165, 1.54) is 33.3 Å². The van der Waals surface area contributed by atoms with Gasteiger partial charge in [-0.3, -0.25) is 4.48 Å². The second kappa shape index (κ2) is 7.85. The lowest BCUT2D eigenvalue weighted by atomic mass is 9.94. The number of methoxy groups -OCH3 is 2. The lowest BCUT2D eigenvalue weighted by Gasteiger charge is -2.26. The van der Waals surface area contributed by atoms with E-state index in [1.807, 2.05) is 6.07 Å². The van der Waals surface area contributed by atoms with Gasteiger partial charge in [0.1, 0.15) is 5.69 Å². The van der Waals surface area contributed by atoms with Crippen LogP contribution in [0.2, 0.25) is 0 Å². The molecule has 3 nitrogen and oxygen atoms in total. The van der Waals surface area contributed by atoms with Gasteiger partial charge in [0, 0.05) is 11.5 Å². The SMILES string of the molecule is COc1cc2c(-c3ccc(-c4ccccc4)cc3)ccc([N+](C)(C)C)c2cc1OC. The standard InChI is InChI=1S/C27H28NO2/c1-28(2,3)25-16-15-22(23-17-26(29-4)27(30-5)18-24(23)25)21-13-11-20(12-14-21)19-9-7-6-8-10-19/h6-18H,1-5H3/q+1. The van der Waals surface area contributed by atoms with Crippen LogP contribution >= 0.6 is 0 Å². The first-order valence-electron chi connectivity index (χ1n) is 10.1. The van der Waals surface area contributed by atoms with Gasteiger partial charge in [-0.25, -0.2) is 0 Å². The molecule has 4 rings (SSSR count). The van der Waals surface area contributed by atoms with Crippen LogP contribution < -0.4 is 14.0 Å². The van der Waals surface area contributed by atoms with Crippen molar-refractivity contribution in [3.8, 4) is 33.8 Å². The highest BCUT2D eigenvalue weighted by molar-refractivity contribution is 6.04. The van der Waals surface area contributed by atoms with Crippen LogP contribution in [0.1, 0.15) is 0 Å². The van der Waals surface area contributed by atoms with Crippen molar-refractivity contribution in [3.05, 3.63) is 78.9 Å². The largest absolute Gasteiger partial charge is 0.493 e. The highest BCUT2D eigenvalue weighted by atomic mass is 16.5. The van der Waals surface area contributed by atoms with Crippen molar-refractivity contribution in [1.82, 2.24) is 4.48 Å². The summed E-state index contributed by atoms with van der Waals surface area (Å²) in [7, 11) is 9.91. The van der Waals surface area contributed by atoms with Gasteiger partial charge in [-0.05, 0) is 45.8 Å². The lowest BCUT2D eigenvalue weighted by Crippen LogP contribution is -2.34. The van der Waals surface area contributed by atoms with Crippen LogP contribution in [0.3, 0.4) is 0 Å². The molecular formula is C27H28NO2+. The summed E-state index contributed by atoms with van der Waals surface area (Å²) in [5.74, 6) is 1.49. The maximum atomic E-state index is 5.61. The molecule has 152 valence electrons. The number of hydrogen-bond donors (Lipinski definition) is 0. The molecule has 0 amide bonds. The number of hydrogen-bond acceptors (Lipinski definition) is 2. The first-order valence-corrected chi connectivity index (χ1v) is 10.1. The molecule has 0 aliphatic heterocycles. The molecule has 0 aliphatic carbocycles. The first kappa shape index (κ1) is 20.0. The molecule has 0 unspecified atom stereocenters. The predicted molar refractivity (Wildman–Crippen MR) is 127 cm³/mol. The van der Waals surface area contributed by atoms with E-state index in [1.54, 1.807) is 14.2 Å². The molecule has 0 heterocycles. The second-order valence-corrected chi connectivity index (χ2v) is 8.34. The van der Waals surface area contributed by atoms with Crippen molar-refractivity contribution in [2.45, 2.75) is 0 Å². The summed E-state index contributed by atoms with van der Waals surface area (Å²) >= 11 is 0. The Labute approximate surface area is 178 Å². The first-order chi connectivity index (χ1) is 14.4. The van der Waals surface area contributed by atoms with E-state index in [0.29, 0.717) is 0 Å². The summed E-state index contributed by atoms with van der Waals surface area (Å²) in [6, 6.07) is 27.8. The van der Waals surface area contributed by atoms with Crippen LogP contribution in [-0.4, -0.2) is 35.4 Å². The number of benzene rings is 4. The molecular weight excluding hydrogens is 370 g/mol. The highest BCUT2D eigenvalue weighted by Crippen LogP contribution is 2.42. The minimum Gasteiger partial charge on any atom is -0.493 e. The zero-order valence-corrected chi connectivity index (χ0v) is 18.3. The molecule has 4 aromatic carbocycles. The van der Waals surface area contributed by atoms with Gasteiger partial charge in [0.25, 0.3) is 0 Å². The van der Waals surface area contributed by atoms with Crippen LogP contribution in [0, 0.1) is 0 Å². The van der Waals surface area contributed by atoms with E-state index in [-0.39, 0.29) is 0 Å². The van der Waals surface area contributed by atoms with Gasteiger partial charge in [-0.15, -0.1) is 0 Å². The number of rotatable bonds is 5. The van der Waals surface area contributed by atoms with E-state index in [9.17, 15) is 0 Å². The van der Waals surface area contributed by atoms with Crippen molar-refractivity contribution >= 4 is 16.5 Å². The Morgan fingerprint density at radius 2 is 1.10 bits per heavy atom. The summed E-state index contributed by atoms with van der Waals surface area (Å²) in [5, 5.41) is 2.33. The lowest BCUT2D eigenvalue weighted by molar-refractivity contribution is 0.356. The second-order valence-electron chi connectivity index (χ2n) is 8.34. The van der Waals surface area contributed by atoms with Gasteiger partial charge < -0.3 is 9.47 Å². The molecule has 0 N–H and O–H groups in total. The molecule has 0 saturated carbocycles. The fraction of sp³-hybridized carbons (Fsp3) is 0.185. The van der Waals surface area contributed by atoms with E-state index >= 15 is 0 Å². The Hall–Kier alpha value is -3.30. The van der Waals surface area contributed by atoms with E-state index in [4.69, 9.17) is 9.47 Å². The van der Waals surface area contributed by atoms with Crippen molar-refractivity contribution in [3.63, 3.8) is 0 Å². The van der Waals surface area contributed by atoms with Crippen molar-refractivity contribution < 1.29 is 9.47 Å². The molecule has 0 aliphatic rings. The molecule has 0 fully saturated rings. The van der Waals surface area contributed by atoms with Crippen LogP contribution in [0.5, 0.6) is 11.5 Å². The number of nitrogens with zero attached hydrogens (tertiary/aromatic N) is 1. The van der Waals surface area contributed by atoms with E-state index in [2.05, 4.69) is 93.9 Å². The summed E-state index contributed by atoms with van der Waals surface area (Å²) < 4.78 is 11.9. The molecule has 0 bridgehead atoms. The summed E-state index contributed by atoms with van der Waals surface area (Å²) in [6.07, 6.45) is 0. The average molecular weight is 399 g/mol. The third-order valence-electron chi connectivity index (χ3n) is 5.52. The molecule has 0 spiro atoms. The molecule has 0 atom stereocenters. The van der Waals surface area contributed by atoms with Crippen molar-refractivity contribution in [1.29, 1.82) is 0 Å². The van der Waals surface area contributed by atoms with Gasteiger partial charge in [-0.1, -0.05) is 54.6 Å². The topological polar surface area (TPSA) is 18.5 Å². The van der Waals surface area contributed by atoms with Gasteiger partial charge in [0.2, 0.25) is 0 Å². The summed E-state index contributed by atoms with van der Waals surface area (Å²) in [5.41, 5.74) is 6.03. The van der Waals surface area contributed by atoms with Crippen LogP contribution in [-0.2, 0) is 0 Å². The van der Waals surface area contributed by atoms with Gasteiger partial charge >= 0.3 is 0 Å². The van der Waals surface area contributed by atoms with Crippen LogP contribution in [0.15, 0.2) is 78.9 Å². The molecule has 4 aromatic rings. The molecule has 3 heteroatoms. The zero-order valence-electron chi connectivity index (χ0n) is 18.3. The van der Waals surface area contributed by atoms with Gasteiger partial charge in [-0.2, -0.15) is 0 Å². The number of quaternary nitrogens is 1. The molecule has 0 aromatic heterocycles. The zero-order chi connectivity index (χ0) is 21.3. The Bertz CT molecular complexity index is 1170. The summed E-state index contributed by atoms with van der Waals surface area (Å²) in [4.78, 5) is 0. The Morgan fingerprint density at radius 3 is 1.67 bits per heavy atom. The van der Waals surface area contributed by atoms with Gasteiger partial charge in [0.15, 0.2) is 11.5 Å². The maximum absolute atomic E-state index is 5.61. The number of ether oxygens (including phenoxy) is 2. The van der Waals surface area contributed by atoms with Gasteiger partial charge in [0.05, 0.1) is 35.4 Å². The minimum atomic E-state index is 0.721. The van der Waals surface area contributed by atoms with Crippen molar-refractivity contribution in [2.24, 2.45) is 0 Å². The average Bonchev–Trinajstić information content (AvgIpc) is 2.77. The quantitative estimate of drug-likeness (QED) is 0.363. The Morgan fingerprint density at radius 1 is 0.567 bits per heavy atom.